The Labute approximate surface area is 96.5 Å². The number of rotatable bonds is 3. The molecule has 0 unspecified atom stereocenters. The first-order valence-corrected chi connectivity index (χ1v) is 5.42. The van der Waals surface area contributed by atoms with Gasteiger partial charge in [0.15, 0.2) is 0 Å². The van der Waals surface area contributed by atoms with Crippen LogP contribution >= 0.6 is 0 Å². The van der Waals surface area contributed by atoms with E-state index in [1.54, 1.807) is 0 Å². The Bertz CT molecular complexity index is 341. The SMILES string of the molecule is CC(C)(C)[C@@H](O)CC(=O)Nc1ccccc1. The van der Waals surface area contributed by atoms with Gasteiger partial charge >= 0.3 is 0 Å². The summed E-state index contributed by atoms with van der Waals surface area (Å²) in [4.78, 5) is 11.6. The summed E-state index contributed by atoms with van der Waals surface area (Å²) < 4.78 is 0. The number of aliphatic hydroxyl groups is 1. The number of amides is 1. The van der Waals surface area contributed by atoms with Gasteiger partial charge in [-0.15, -0.1) is 0 Å². The highest BCUT2D eigenvalue weighted by atomic mass is 16.3. The molecule has 0 fully saturated rings. The summed E-state index contributed by atoms with van der Waals surface area (Å²) in [6, 6.07) is 9.24. The highest BCUT2D eigenvalue weighted by Crippen LogP contribution is 2.21. The van der Waals surface area contributed by atoms with E-state index in [2.05, 4.69) is 5.32 Å². The van der Waals surface area contributed by atoms with Gasteiger partial charge in [-0.05, 0) is 17.5 Å². The van der Waals surface area contributed by atoms with Crippen molar-refractivity contribution < 1.29 is 9.90 Å². The molecule has 0 aliphatic heterocycles. The van der Waals surface area contributed by atoms with Crippen molar-refractivity contribution in [3.05, 3.63) is 30.3 Å². The van der Waals surface area contributed by atoms with Crippen LogP contribution in [0.1, 0.15) is 27.2 Å². The van der Waals surface area contributed by atoms with Crippen LogP contribution in [-0.2, 0) is 4.79 Å². The molecule has 0 heterocycles. The minimum absolute atomic E-state index is 0.123. The van der Waals surface area contributed by atoms with Crippen molar-refractivity contribution in [2.24, 2.45) is 5.41 Å². The summed E-state index contributed by atoms with van der Waals surface area (Å²) in [6.45, 7) is 5.73. The van der Waals surface area contributed by atoms with E-state index in [0.717, 1.165) is 5.69 Å². The predicted octanol–water partition coefficient (Wildman–Crippen LogP) is 2.42. The summed E-state index contributed by atoms with van der Waals surface area (Å²) in [5, 5.41) is 12.5. The lowest BCUT2D eigenvalue weighted by Gasteiger charge is -2.25. The second-order valence-corrected chi connectivity index (χ2v) is 5.00. The highest BCUT2D eigenvalue weighted by molar-refractivity contribution is 5.90. The summed E-state index contributed by atoms with van der Waals surface area (Å²) in [5.41, 5.74) is 0.488. The molecule has 1 aromatic rings. The van der Waals surface area contributed by atoms with Gasteiger partial charge in [0, 0.05) is 5.69 Å². The maximum Gasteiger partial charge on any atom is 0.226 e. The zero-order chi connectivity index (χ0) is 12.2. The van der Waals surface area contributed by atoms with Crippen LogP contribution in [0.2, 0.25) is 0 Å². The molecule has 0 aliphatic carbocycles. The molecule has 1 aromatic carbocycles. The normalized spacial score (nSPS) is 13.2. The molecule has 1 amide bonds. The van der Waals surface area contributed by atoms with Gasteiger partial charge in [-0.1, -0.05) is 39.0 Å². The van der Waals surface area contributed by atoms with Gasteiger partial charge in [0.2, 0.25) is 5.91 Å². The summed E-state index contributed by atoms with van der Waals surface area (Å²) in [5.74, 6) is -0.159. The number of anilines is 1. The van der Waals surface area contributed by atoms with E-state index < -0.39 is 6.10 Å². The van der Waals surface area contributed by atoms with Crippen LogP contribution in [0.3, 0.4) is 0 Å². The Morgan fingerprint density at radius 1 is 1.31 bits per heavy atom. The highest BCUT2D eigenvalue weighted by Gasteiger charge is 2.24. The van der Waals surface area contributed by atoms with Gasteiger partial charge in [0.05, 0.1) is 12.5 Å². The van der Waals surface area contributed by atoms with Crippen LogP contribution in [0, 0.1) is 5.41 Å². The Morgan fingerprint density at radius 3 is 2.38 bits per heavy atom. The predicted molar refractivity (Wildman–Crippen MR) is 65.2 cm³/mol. The van der Waals surface area contributed by atoms with Crippen LogP contribution in [0.25, 0.3) is 0 Å². The first-order valence-electron chi connectivity index (χ1n) is 5.42. The molecular formula is C13H19NO2. The van der Waals surface area contributed by atoms with E-state index in [1.807, 2.05) is 51.1 Å². The quantitative estimate of drug-likeness (QED) is 0.823. The van der Waals surface area contributed by atoms with E-state index in [0.29, 0.717) is 0 Å². The molecule has 0 aliphatic rings. The first-order chi connectivity index (χ1) is 7.39. The summed E-state index contributed by atoms with van der Waals surface area (Å²) in [7, 11) is 0. The molecule has 1 atom stereocenters. The fourth-order valence-corrected chi connectivity index (χ4v) is 1.22. The Hall–Kier alpha value is -1.35. The van der Waals surface area contributed by atoms with Crippen LogP contribution in [0.4, 0.5) is 5.69 Å². The van der Waals surface area contributed by atoms with Crippen LogP contribution in [0.15, 0.2) is 30.3 Å². The lowest BCUT2D eigenvalue weighted by atomic mass is 9.87. The Morgan fingerprint density at radius 2 is 1.88 bits per heavy atom. The minimum atomic E-state index is -0.629. The second-order valence-electron chi connectivity index (χ2n) is 5.00. The van der Waals surface area contributed by atoms with Gasteiger partial charge in [-0.2, -0.15) is 0 Å². The molecule has 0 bridgehead atoms. The number of nitrogens with one attached hydrogen (secondary N) is 1. The molecule has 16 heavy (non-hydrogen) atoms. The van der Waals surface area contributed by atoms with E-state index in [1.165, 1.54) is 0 Å². The third-order valence-corrected chi connectivity index (χ3v) is 2.44. The van der Waals surface area contributed by atoms with Crippen molar-refractivity contribution in [1.29, 1.82) is 0 Å². The maximum absolute atomic E-state index is 11.6. The van der Waals surface area contributed by atoms with Crippen molar-refractivity contribution in [1.82, 2.24) is 0 Å². The number of aliphatic hydroxyl groups excluding tert-OH is 1. The first kappa shape index (κ1) is 12.7. The molecule has 3 heteroatoms. The molecular weight excluding hydrogens is 202 g/mol. The van der Waals surface area contributed by atoms with Gasteiger partial charge < -0.3 is 10.4 Å². The van der Waals surface area contributed by atoms with Crippen molar-refractivity contribution in [3.8, 4) is 0 Å². The molecule has 1 rings (SSSR count). The summed E-state index contributed by atoms with van der Waals surface area (Å²) in [6.07, 6.45) is -0.505. The number of hydrogen-bond donors (Lipinski definition) is 2. The molecule has 88 valence electrons. The fourth-order valence-electron chi connectivity index (χ4n) is 1.22. The van der Waals surface area contributed by atoms with Crippen molar-refractivity contribution >= 4 is 11.6 Å². The van der Waals surface area contributed by atoms with Gasteiger partial charge in [-0.25, -0.2) is 0 Å². The Balaban J connectivity index is 2.49. The van der Waals surface area contributed by atoms with E-state index >= 15 is 0 Å². The largest absolute Gasteiger partial charge is 0.392 e. The molecule has 3 nitrogen and oxygen atoms in total. The lowest BCUT2D eigenvalue weighted by Crippen LogP contribution is -2.30. The smallest absolute Gasteiger partial charge is 0.226 e. The average molecular weight is 221 g/mol. The standard InChI is InChI=1S/C13H19NO2/c1-13(2,3)11(15)9-12(16)14-10-7-5-4-6-8-10/h4-8,11,15H,9H2,1-3H3,(H,14,16)/t11-/m0/s1. The zero-order valence-corrected chi connectivity index (χ0v) is 10.0. The molecule has 0 spiro atoms. The summed E-state index contributed by atoms with van der Waals surface area (Å²) >= 11 is 0. The lowest BCUT2D eigenvalue weighted by molar-refractivity contribution is -0.119. The zero-order valence-electron chi connectivity index (χ0n) is 10.0. The Kier molecular flexibility index (Phi) is 4.07. The molecule has 0 aromatic heterocycles. The van der Waals surface area contributed by atoms with E-state index in [-0.39, 0.29) is 17.7 Å². The van der Waals surface area contributed by atoms with Gasteiger partial charge in [0.1, 0.15) is 0 Å². The minimum Gasteiger partial charge on any atom is -0.392 e. The van der Waals surface area contributed by atoms with Gasteiger partial charge in [-0.3, -0.25) is 4.79 Å². The van der Waals surface area contributed by atoms with Crippen molar-refractivity contribution in [2.45, 2.75) is 33.3 Å². The number of para-hydroxylation sites is 1. The molecule has 0 radical (unpaired) electrons. The number of carbonyl (C=O) groups is 1. The third-order valence-electron chi connectivity index (χ3n) is 2.44. The van der Waals surface area contributed by atoms with Crippen LogP contribution in [0.5, 0.6) is 0 Å². The van der Waals surface area contributed by atoms with Crippen molar-refractivity contribution in [2.75, 3.05) is 5.32 Å². The van der Waals surface area contributed by atoms with E-state index in [9.17, 15) is 9.90 Å². The van der Waals surface area contributed by atoms with Crippen LogP contribution in [-0.4, -0.2) is 17.1 Å². The van der Waals surface area contributed by atoms with Gasteiger partial charge in [0.25, 0.3) is 0 Å². The maximum atomic E-state index is 11.6. The second kappa shape index (κ2) is 5.12. The third kappa shape index (κ3) is 4.03. The number of hydrogen-bond acceptors (Lipinski definition) is 2. The van der Waals surface area contributed by atoms with E-state index in [4.69, 9.17) is 0 Å². The average Bonchev–Trinajstić information content (AvgIpc) is 2.17. The number of carbonyl (C=O) groups excluding carboxylic acids is 1. The molecule has 2 N–H and O–H groups in total. The topological polar surface area (TPSA) is 49.3 Å². The monoisotopic (exact) mass is 221 g/mol. The fraction of sp³-hybridized carbons (Fsp3) is 0.462. The van der Waals surface area contributed by atoms with Crippen LogP contribution < -0.4 is 5.32 Å². The molecule has 0 saturated heterocycles. The van der Waals surface area contributed by atoms with Crippen molar-refractivity contribution in [3.63, 3.8) is 0 Å². The molecule has 0 saturated carbocycles. The number of benzene rings is 1.